The summed E-state index contributed by atoms with van der Waals surface area (Å²) in [5.41, 5.74) is 3.30. The van der Waals surface area contributed by atoms with Gasteiger partial charge >= 0.3 is 0 Å². The molecule has 1 amide bonds. The van der Waals surface area contributed by atoms with Crippen LogP contribution >= 0.6 is 11.3 Å². The van der Waals surface area contributed by atoms with Crippen LogP contribution in [0.15, 0.2) is 72.8 Å². The molecule has 2 N–H and O–H groups in total. The lowest BCUT2D eigenvalue weighted by molar-refractivity contribution is -0.384. The largest absolute Gasteiger partial charge is 0.376 e. The Balaban J connectivity index is 1.35. The first-order valence-corrected chi connectivity index (χ1v) is 9.64. The summed E-state index contributed by atoms with van der Waals surface area (Å²) in [6.07, 6.45) is 0. The summed E-state index contributed by atoms with van der Waals surface area (Å²) in [7, 11) is 0. The quantitative estimate of drug-likeness (QED) is 0.351. The Bertz CT molecular complexity index is 1140. The van der Waals surface area contributed by atoms with Gasteiger partial charge in [-0.2, -0.15) is 0 Å². The van der Waals surface area contributed by atoms with Crippen LogP contribution in [0.1, 0.15) is 0 Å². The molecule has 0 unspecified atom stereocenters. The van der Waals surface area contributed by atoms with E-state index in [-0.39, 0.29) is 18.1 Å². The summed E-state index contributed by atoms with van der Waals surface area (Å²) in [6.45, 7) is 0.0530. The number of fused-ring (bicyclic) bond motifs is 1. The highest BCUT2D eigenvalue weighted by atomic mass is 32.1. The zero-order valence-electron chi connectivity index (χ0n) is 15.2. The zero-order valence-corrected chi connectivity index (χ0v) is 16.0. The highest BCUT2D eigenvalue weighted by Gasteiger charge is 2.08. The maximum atomic E-state index is 12.1. The Hall–Kier alpha value is -3.78. The number of nitrogens with one attached hydrogen (secondary N) is 2. The van der Waals surface area contributed by atoms with Gasteiger partial charge in [-0.3, -0.25) is 14.9 Å². The van der Waals surface area contributed by atoms with Crippen LogP contribution in [0.3, 0.4) is 0 Å². The van der Waals surface area contributed by atoms with Crippen LogP contribution in [0, 0.1) is 10.1 Å². The minimum atomic E-state index is -0.464. The molecule has 8 heteroatoms. The third-order valence-electron chi connectivity index (χ3n) is 4.24. The van der Waals surface area contributed by atoms with Crippen molar-refractivity contribution in [2.24, 2.45) is 0 Å². The van der Waals surface area contributed by atoms with Crippen molar-refractivity contribution in [3.63, 3.8) is 0 Å². The molecule has 1 aromatic heterocycles. The molecule has 0 saturated carbocycles. The van der Waals surface area contributed by atoms with Crippen molar-refractivity contribution in [2.45, 2.75) is 0 Å². The SMILES string of the molecule is O=C(CNc1ccc([N+](=O)[O-])cc1)Nc1ccc(-c2nc3ccccc3s2)cc1. The molecule has 4 rings (SSSR count). The van der Waals surface area contributed by atoms with Gasteiger partial charge in [-0.1, -0.05) is 12.1 Å². The first-order valence-electron chi connectivity index (χ1n) is 8.83. The molecule has 0 saturated heterocycles. The van der Waals surface area contributed by atoms with E-state index in [1.165, 1.54) is 12.1 Å². The van der Waals surface area contributed by atoms with Crippen molar-refractivity contribution in [1.82, 2.24) is 4.98 Å². The van der Waals surface area contributed by atoms with Crippen molar-refractivity contribution in [3.8, 4) is 10.6 Å². The third kappa shape index (κ3) is 4.39. The number of nitrogens with zero attached hydrogens (tertiary/aromatic N) is 2. The second kappa shape index (κ2) is 8.07. The second-order valence-electron chi connectivity index (χ2n) is 6.27. The summed E-state index contributed by atoms with van der Waals surface area (Å²) in [5, 5.41) is 17.4. The molecule has 0 spiro atoms. The van der Waals surface area contributed by atoms with E-state index in [1.54, 1.807) is 23.5 Å². The number of thiazole rings is 1. The lowest BCUT2D eigenvalue weighted by atomic mass is 10.2. The normalized spacial score (nSPS) is 10.6. The van der Waals surface area contributed by atoms with E-state index in [2.05, 4.69) is 15.6 Å². The average Bonchev–Trinajstić information content (AvgIpc) is 3.17. The van der Waals surface area contributed by atoms with Crippen molar-refractivity contribution in [1.29, 1.82) is 0 Å². The van der Waals surface area contributed by atoms with Gasteiger partial charge in [-0.25, -0.2) is 4.98 Å². The average molecular weight is 404 g/mol. The van der Waals surface area contributed by atoms with Crippen LogP contribution in [0.25, 0.3) is 20.8 Å². The van der Waals surface area contributed by atoms with Crippen molar-refractivity contribution < 1.29 is 9.72 Å². The number of nitro groups is 1. The molecule has 0 aliphatic carbocycles. The van der Waals surface area contributed by atoms with Gasteiger partial charge < -0.3 is 10.6 Å². The van der Waals surface area contributed by atoms with E-state index in [4.69, 9.17) is 0 Å². The molecular formula is C21H16N4O3S. The summed E-state index contributed by atoms with van der Waals surface area (Å²) in [6, 6.07) is 21.4. The molecule has 4 aromatic rings. The van der Waals surface area contributed by atoms with Crippen LogP contribution in [-0.2, 0) is 4.79 Å². The molecule has 0 radical (unpaired) electrons. The molecule has 0 aliphatic rings. The monoisotopic (exact) mass is 404 g/mol. The fourth-order valence-corrected chi connectivity index (χ4v) is 3.75. The molecule has 1 heterocycles. The number of nitro benzene ring substituents is 1. The minimum absolute atomic E-state index is 0.00761. The highest BCUT2D eigenvalue weighted by Crippen LogP contribution is 2.30. The molecule has 3 aromatic carbocycles. The number of rotatable bonds is 6. The van der Waals surface area contributed by atoms with Gasteiger partial charge in [-0.05, 0) is 48.5 Å². The fourth-order valence-electron chi connectivity index (χ4n) is 2.78. The molecular weight excluding hydrogens is 388 g/mol. The zero-order chi connectivity index (χ0) is 20.2. The van der Waals surface area contributed by atoms with E-state index in [1.807, 2.05) is 48.5 Å². The predicted octanol–water partition coefficient (Wildman–Crippen LogP) is 4.92. The van der Waals surface area contributed by atoms with Gasteiger partial charge in [0.15, 0.2) is 0 Å². The topological polar surface area (TPSA) is 97.2 Å². The van der Waals surface area contributed by atoms with Gasteiger partial charge in [0.05, 0.1) is 21.7 Å². The van der Waals surface area contributed by atoms with Crippen molar-refractivity contribution >= 4 is 44.5 Å². The van der Waals surface area contributed by atoms with Crippen LogP contribution in [0.5, 0.6) is 0 Å². The number of non-ortho nitro benzene ring substituents is 1. The van der Waals surface area contributed by atoms with E-state index >= 15 is 0 Å². The Morgan fingerprint density at radius 2 is 1.66 bits per heavy atom. The summed E-state index contributed by atoms with van der Waals surface area (Å²) in [5.74, 6) is -0.212. The molecule has 0 bridgehead atoms. The fraction of sp³-hybridized carbons (Fsp3) is 0.0476. The highest BCUT2D eigenvalue weighted by molar-refractivity contribution is 7.21. The summed E-state index contributed by atoms with van der Waals surface area (Å²) < 4.78 is 1.14. The summed E-state index contributed by atoms with van der Waals surface area (Å²) >= 11 is 1.63. The lowest BCUT2D eigenvalue weighted by Gasteiger charge is -2.08. The van der Waals surface area contributed by atoms with E-state index in [9.17, 15) is 14.9 Å². The van der Waals surface area contributed by atoms with Crippen LogP contribution in [-0.4, -0.2) is 22.4 Å². The Labute approximate surface area is 170 Å². The molecule has 144 valence electrons. The van der Waals surface area contributed by atoms with Gasteiger partial charge in [0.1, 0.15) is 5.01 Å². The van der Waals surface area contributed by atoms with Gasteiger partial charge in [0.25, 0.3) is 5.69 Å². The Morgan fingerprint density at radius 3 is 2.34 bits per heavy atom. The Morgan fingerprint density at radius 1 is 0.966 bits per heavy atom. The first kappa shape index (κ1) is 18.6. The second-order valence-corrected chi connectivity index (χ2v) is 7.30. The van der Waals surface area contributed by atoms with Crippen LogP contribution in [0.4, 0.5) is 17.1 Å². The maximum Gasteiger partial charge on any atom is 0.269 e. The number of carbonyl (C=O) groups excluding carboxylic acids is 1. The van der Waals surface area contributed by atoms with E-state index in [0.717, 1.165) is 20.8 Å². The van der Waals surface area contributed by atoms with Crippen molar-refractivity contribution in [2.75, 3.05) is 17.2 Å². The molecule has 7 nitrogen and oxygen atoms in total. The van der Waals surface area contributed by atoms with Gasteiger partial charge in [0.2, 0.25) is 5.91 Å². The standard InChI is InChI=1S/C21H16N4O3S/c26-20(13-22-15-9-11-17(12-10-15)25(27)28)23-16-7-5-14(6-8-16)21-24-18-3-1-2-4-19(18)29-21/h1-12,22H,13H2,(H,23,26). The third-order valence-corrected chi connectivity index (χ3v) is 5.33. The van der Waals surface area contributed by atoms with Crippen LogP contribution < -0.4 is 10.6 Å². The number of benzene rings is 3. The minimum Gasteiger partial charge on any atom is -0.376 e. The number of hydrogen-bond donors (Lipinski definition) is 2. The van der Waals surface area contributed by atoms with Crippen LogP contribution in [0.2, 0.25) is 0 Å². The lowest BCUT2D eigenvalue weighted by Crippen LogP contribution is -2.21. The summed E-state index contributed by atoms with van der Waals surface area (Å²) in [4.78, 5) is 27.0. The molecule has 0 fully saturated rings. The number of anilines is 2. The van der Waals surface area contributed by atoms with Gasteiger partial charge in [-0.15, -0.1) is 11.3 Å². The number of para-hydroxylation sites is 1. The van der Waals surface area contributed by atoms with E-state index in [0.29, 0.717) is 11.4 Å². The van der Waals surface area contributed by atoms with E-state index < -0.39 is 4.92 Å². The predicted molar refractivity (Wildman–Crippen MR) is 115 cm³/mol. The Kier molecular flexibility index (Phi) is 5.17. The number of amides is 1. The molecule has 0 atom stereocenters. The molecule has 0 aliphatic heterocycles. The smallest absolute Gasteiger partial charge is 0.269 e. The molecule has 29 heavy (non-hydrogen) atoms. The number of aromatic nitrogens is 1. The first-order chi connectivity index (χ1) is 14.1. The van der Waals surface area contributed by atoms with Crippen molar-refractivity contribution in [3.05, 3.63) is 82.9 Å². The maximum absolute atomic E-state index is 12.1. The number of hydrogen-bond acceptors (Lipinski definition) is 6. The van der Waals surface area contributed by atoms with Gasteiger partial charge in [0, 0.05) is 29.1 Å². The number of carbonyl (C=O) groups is 1.